The highest BCUT2D eigenvalue weighted by Crippen LogP contribution is 2.18. The SMILES string of the molecule is CC(=O)Nc1ccc(S(=O)(=O)Nc2ccc(CO)cc2)cc1. The van der Waals surface area contributed by atoms with Gasteiger partial charge in [-0.05, 0) is 42.0 Å². The highest BCUT2D eigenvalue weighted by atomic mass is 32.2. The molecule has 116 valence electrons. The van der Waals surface area contributed by atoms with Gasteiger partial charge in [0.05, 0.1) is 11.5 Å². The number of carbonyl (C=O) groups excluding carboxylic acids is 1. The van der Waals surface area contributed by atoms with Gasteiger partial charge in [-0.2, -0.15) is 0 Å². The van der Waals surface area contributed by atoms with Crippen molar-refractivity contribution in [1.29, 1.82) is 0 Å². The zero-order chi connectivity index (χ0) is 16.2. The van der Waals surface area contributed by atoms with Gasteiger partial charge in [-0.25, -0.2) is 8.42 Å². The van der Waals surface area contributed by atoms with Crippen molar-refractivity contribution in [2.75, 3.05) is 10.0 Å². The van der Waals surface area contributed by atoms with Gasteiger partial charge >= 0.3 is 0 Å². The highest BCUT2D eigenvalue weighted by molar-refractivity contribution is 7.92. The standard InChI is InChI=1S/C15H16N2O4S/c1-11(19)16-13-6-8-15(9-7-13)22(20,21)17-14-4-2-12(10-18)3-5-14/h2-9,17-18H,10H2,1H3,(H,16,19). The minimum Gasteiger partial charge on any atom is -0.392 e. The third-order valence-electron chi connectivity index (χ3n) is 2.87. The molecule has 22 heavy (non-hydrogen) atoms. The van der Waals surface area contributed by atoms with Crippen molar-refractivity contribution in [1.82, 2.24) is 0 Å². The number of benzene rings is 2. The number of sulfonamides is 1. The van der Waals surface area contributed by atoms with Crippen LogP contribution in [0, 0.1) is 0 Å². The summed E-state index contributed by atoms with van der Waals surface area (Å²) in [6.45, 7) is 1.28. The highest BCUT2D eigenvalue weighted by Gasteiger charge is 2.14. The van der Waals surface area contributed by atoms with E-state index >= 15 is 0 Å². The number of aliphatic hydroxyl groups is 1. The molecule has 0 aliphatic rings. The van der Waals surface area contributed by atoms with Gasteiger partial charge in [-0.15, -0.1) is 0 Å². The normalized spacial score (nSPS) is 11.0. The first-order chi connectivity index (χ1) is 10.4. The summed E-state index contributed by atoms with van der Waals surface area (Å²) in [6.07, 6.45) is 0. The van der Waals surface area contributed by atoms with E-state index in [2.05, 4.69) is 10.0 Å². The Morgan fingerprint density at radius 2 is 1.55 bits per heavy atom. The molecule has 0 fully saturated rings. The average molecular weight is 320 g/mol. The Morgan fingerprint density at radius 1 is 1.00 bits per heavy atom. The molecule has 0 spiro atoms. The molecule has 2 aromatic carbocycles. The maximum atomic E-state index is 12.2. The molecule has 0 heterocycles. The molecule has 1 amide bonds. The van der Waals surface area contributed by atoms with Crippen LogP contribution >= 0.6 is 0 Å². The number of nitrogens with one attached hydrogen (secondary N) is 2. The number of hydrogen-bond donors (Lipinski definition) is 3. The van der Waals surface area contributed by atoms with Crippen molar-refractivity contribution in [3.05, 3.63) is 54.1 Å². The molecule has 0 saturated heterocycles. The third-order valence-corrected chi connectivity index (χ3v) is 4.27. The van der Waals surface area contributed by atoms with Crippen LogP contribution in [-0.2, 0) is 21.4 Å². The van der Waals surface area contributed by atoms with Crippen LogP contribution in [0.3, 0.4) is 0 Å². The quantitative estimate of drug-likeness (QED) is 0.784. The molecular weight excluding hydrogens is 304 g/mol. The Hall–Kier alpha value is -2.38. The van der Waals surface area contributed by atoms with Crippen molar-refractivity contribution in [3.8, 4) is 0 Å². The predicted molar refractivity (Wildman–Crippen MR) is 83.9 cm³/mol. The molecule has 0 atom stereocenters. The molecule has 0 aliphatic carbocycles. The fourth-order valence-electron chi connectivity index (χ4n) is 1.81. The van der Waals surface area contributed by atoms with Crippen LogP contribution in [0.25, 0.3) is 0 Å². The molecule has 0 saturated carbocycles. The Balaban J connectivity index is 2.16. The van der Waals surface area contributed by atoms with E-state index in [1.807, 2.05) is 0 Å². The number of anilines is 2. The van der Waals surface area contributed by atoms with Gasteiger partial charge in [0.1, 0.15) is 0 Å². The number of carbonyl (C=O) groups is 1. The summed E-state index contributed by atoms with van der Waals surface area (Å²) in [5, 5.41) is 11.5. The van der Waals surface area contributed by atoms with Crippen molar-refractivity contribution in [3.63, 3.8) is 0 Å². The molecule has 3 N–H and O–H groups in total. The summed E-state index contributed by atoms with van der Waals surface area (Å²) in [4.78, 5) is 11.0. The smallest absolute Gasteiger partial charge is 0.261 e. The Kier molecular flexibility index (Phi) is 4.79. The minimum atomic E-state index is -3.70. The van der Waals surface area contributed by atoms with Crippen LogP contribution in [0.2, 0.25) is 0 Å². The molecule has 0 bridgehead atoms. The molecule has 6 nitrogen and oxygen atoms in total. The molecule has 2 rings (SSSR count). The lowest BCUT2D eigenvalue weighted by molar-refractivity contribution is -0.114. The molecule has 2 aromatic rings. The second-order valence-corrected chi connectivity index (χ2v) is 6.35. The third kappa shape index (κ3) is 4.06. The van der Waals surface area contributed by atoms with Gasteiger partial charge in [0, 0.05) is 18.3 Å². The van der Waals surface area contributed by atoms with Crippen LogP contribution in [0.5, 0.6) is 0 Å². The maximum absolute atomic E-state index is 12.2. The van der Waals surface area contributed by atoms with Gasteiger partial charge < -0.3 is 10.4 Å². The first kappa shape index (κ1) is 16.0. The lowest BCUT2D eigenvalue weighted by atomic mass is 10.2. The van der Waals surface area contributed by atoms with Gasteiger partial charge in [-0.1, -0.05) is 12.1 Å². The van der Waals surface area contributed by atoms with E-state index in [0.717, 1.165) is 0 Å². The van der Waals surface area contributed by atoms with E-state index in [0.29, 0.717) is 16.9 Å². The van der Waals surface area contributed by atoms with E-state index in [1.54, 1.807) is 24.3 Å². The van der Waals surface area contributed by atoms with Crippen molar-refractivity contribution < 1.29 is 18.3 Å². The fourth-order valence-corrected chi connectivity index (χ4v) is 2.87. The zero-order valence-corrected chi connectivity index (χ0v) is 12.7. The maximum Gasteiger partial charge on any atom is 0.261 e. The number of aliphatic hydroxyl groups excluding tert-OH is 1. The molecule has 0 radical (unpaired) electrons. The summed E-state index contributed by atoms with van der Waals surface area (Å²) in [6, 6.07) is 12.3. The minimum absolute atomic E-state index is 0.0906. The Labute approximate surface area is 128 Å². The van der Waals surface area contributed by atoms with Gasteiger partial charge in [0.2, 0.25) is 5.91 Å². The van der Waals surface area contributed by atoms with Gasteiger partial charge in [0.25, 0.3) is 10.0 Å². The monoisotopic (exact) mass is 320 g/mol. The lowest BCUT2D eigenvalue weighted by Crippen LogP contribution is -2.13. The Morgan fingerprint density at radius 3 is 2.05 bits per heavy atom. The van der Waals surface area contributed by atoms with E-state index in [1.165, 1.54) is 31.2 Å². The molecule has 7 heteroatoms. The van der Waals surface area contributed by atoms with Gasteiger partial charge in [0.15, 0.2) is 0 Å². The molecule has 0 aromatic heterocycles. The Bertz CT molecular complexity index is 753. The lowest BCUT2D eigenvalue weighted by Gasteiger charge is -2.09. The van der Waals surface area contributed by atoms with Crippen LogP contribution < -0.4 is 10.0 Å². The van der Waals surface area contributed by atoms with Crippen molar-refractivity contribution in [2.24, 2.45) is 0 Å². The van der Waals surface area contributed by atoms with Crippen molar-refractivity contribution >= 4 is 27.3 Å². The number of amides is 1. The zero-order valence-electron chi connectivity index (χ0n) is 11.9. The summed E-state index contributed by atoms with van der Waals surface area (Å²) in [5.74, 6) is -0.224. The summed E-state index contributed by atoms with van der Waals surface area (Å²) < 4.78 is 26.9. The van der Waals surface area contributed by atoms with Crippen LogP contribution in [0.4, 0.5) is 11.4 Å². The topological polar surface area (TPSA) is 95.5 Å². The first-order valence-electron chi connectivity index (χ1n) is 6.51. The molecule has 0 aliphatic heterocycles. The van der Waals surface area contributed by atoms with E-state index in [-0.39, 0.29) is 17.4 Å². The van der Waals surface area contributed by atoms with Crippen molar-refractivity contribution in [2.45, 2.75) is 18.4 Å². The number of rotatable bonds is 5. The number of hydrogen-bond acceptors (Lipinski definition) is 4. The second-order valence-electron chi connectivity index (χ2n) is 4.67. The van der Waals surface area contributed by atoms with E-state index < -0.39 is 10.0 Å². The summed E-state index contributed by atoms with van der Waals surface area (Å²) in [5.41, 5.74) is 1.63. The van der Waals surface area contributed by atoms with Gasteiger partial charge in [-0.3, -0.25) is 9.52 Å². The predicted octanol–water partition coefficient (Wildman–Crippen LogP) is 1.94. The summed E-state index contributed by atoms with van der Waals surface area (Å²) in [7, 11) is -3.70. The molecular formula is C15H16N2O4S. The van der Waals surface area contributed by atoms with Crippen LogP contribution in [0.15, 0.2) is 53.4 Å². The van der Waals surface area contributed by atoms with E-state index in [9.17, 15) is 13.2 Å². The fraction of sp³-hybridized carbons (Fsp3) is 0.133. The van der Waals surface area contributed by atoms with Crippen LogP contribution in [-0.4, -0.2) is 19.4 Å². The van der Waals surface area contributed by atoms with Crippen LogP contribution in [0.1, 0.15) is 12.5 Å². The second kappa shape index (κ2) is 6.59. The van der Waals surface area contributed by atoms with E-state index in [4.69, 9.17) is 5.11 Å². The first-order valence-corrected chi connectivity index (χ1v) is 7.99. The average Bonchev–Trinajstić information content (AvgIpc) is 2.47. The summed E-state index contributed by atoms with van der Waals surface area (Å²) >= 11 is 0. The molecule has 0 unspecified atom stereocenters. The largest absolute Gasteiger partial charge is 0.392 e.